The maximum atomic E-state index is 12.2. The number of fused-ring (bicyclic) bond motifs is 1. The first-order chi connectivity index (χ1) is 11.2. The fraction of sp³-hybridized carbons (Fsp3) is 0.118. The number of nitrogens with zero attached hydrogens (tertiary/aromatic N) is 1. The SMILES string of the molecule is N#Cc1cccc(NC(=O)C[C@@H]2Sc3ccccc3NC2=O)c1. The Morgan fingerprint density at radius 2 is 2.09 bits per heavy atom. The molecule has 1 aliphatic heterocycles. The predicted molar refractivity (Wildman–Crippen MR) is 89.1 cm³/mol. The van der Waals surface area contributed by atoms with E-state index < -0.39 is 5.25 Å². The van der Waals surface area contributed by atoms with Gasteiger partial charge in [-0.2, -0.15) is 5.26 Å². The van der Waals surface area contributed by atoms with E-state index in [0.29, 0.717) is 11.3 Å². The van der Waals surface area contributed by atoms with E-state index in [2.05, 4.69) is 10.6 Å². The average Bonchev–Trinajstić information content (AvgIpc) is 2.55. The summed E-state index contributed by atoms with van der Waals surface area (Å²) in [6.45, 7) is 0. The molecule has 2 aromatic carbocycles. The Kier molecular flexibility index (Phi) is 4.31. The van der Waals surface area contributed by atoms with Gasteiger partial charge in [-0.25, -0.2) is 0 Å². The molecule has 0 bridgehead atoms. The van der Waals surface area contributed by atoms with E-state index >= 15 is 0 Å². The van der Waals surface area contributed by atoms with Crippen LogP contribution in [-0.4, -0.2) is 17.1 Å². The summed E-state index contributed by atoms with van der Waals surface area (Å²) in [6, 6.07) is 16.2. The van der Waals surface area contributed by atoms with Crippen LogP contribution in [0.4, 0.5) is 11.4 Å². The fourth-order valence-electron chi connectivity index (χ4n) is 2.27. The average molecular weight is 323 g/mol. The van der Waals surface area contributed by atoms with E-state index in [0.717, 1.165) is 10.6 Å². The second-order valence-corrected chi connectivity index (χ2v) is 6.28. The molecule has 1 atom stereocenters. The number of hydrogen-bond donors (Lipinski definition) is 2. The third-order valence-corrected chi connectivity index (χ3v) is 4.63. The van der Waals surface area contributed by atoms with Crippen molar-refractivity contribution in [2.24, 2.45) is 0 Å². The number of hydrogen-bond acceptors (Lipinski definition) is 4. The molecule has 3 rings (SSSR count). The van der Waals surface area contributed by atoms with Crippen LogP contribution in [0.15, 0.2) is 53.4 Å². The van der Waals surface area contributed by atoms with Crippen LogP contribution >= 0.6 is 11.8 Å². The van der Waals surface area contributed by atoms with Crippen LogP contribution < -0.4 is 10.6 Å². The quantitative estimate of drug-likeness (QED) is 0.909. The van der Waals surface area contributed by atoms with Gasteiger partial charge >= 0.3 is 0 Å². The maximum absolute atomic E-state index is 12.2. The van der Waals surface area contributed by atoms with Crippen molar-refractivity contribution in [3.63, 3.8) is 0 Å². The Labute approximate surface area is 137 Å². The molecule has 114 valence electrons. The van der Waals surface area contributed by atoms with Crippen molar-refractivity contribution in [1.29, 1.82) is 5.26 Å². The van der Waals surface area contributed by atoms with Gasteiger partial charge in [0, 0.05) is 17.0 Å². The van der Waals surface area contributed by atoms with Crippen molar-refractivity contribution in [3.05, 3.63) is 54.1 Å². The van der Waals surface area contributed by atoms with Gasteiger partial charge in [-0.1, -0.05) is 18.2 Å². The van der Waals surface area contributed by atoms with Gasteiger partial charge in [0.15, 0.2) is 0 Å². The molecule has 1 aliphatic rings. The van der Waals surface area contributed by atoms with E-state index in [1.54, 1.807) is 24.3 Å². The van der Waals surface area contributed by atoms with Crippen LogP contribution in [0.25, 0.3) is 0 Å². The van der Waals surface area contributed by atoms with Crippen LogP contribution in [0.5, 0.6) is 0 Å². The van der Waals surface area contributed by atoms with Crippen molar-refractivity contribution in [2.45, 2.75) is 16.6 Å². The topological polar surface area (TPSA) is 82.0 Å². The first-order valence-electron chi connectivity index (χ1n) is 7.02. The van der Waals surface area contributed by atoms with Crippen LogP contribution in [0, 0.1) is 11.3 Å². The molecule has 0 aromatic heterocycles. The van der Waals surface area contributed by atoms with E-state index in [-0.39, 0.29) is 18.2 Å². The molecule has 0 saturated carbocycles. The second-order valence-electron chi connectivity index (χ2n) is 5.04. The standard InChI is InChI=1S/C17H13N3O2S/c18-10-11-4-3-5-12(8-11)19-16(21)9-15-17(22)20-13-6-1-2-7-14(13)23-15/h1-8,15H,9H2,(H,19,21)(H,20,22)/t15-/m0/s1. The lowest BCUT2D eigenvalue weighted by atomic mass is 10.2. The molecule has 0 saturated heterocycles. The summed E-state index contributed by atoms with van der Waals surface area (Å²) in [5.41, 5.74) is 1.80. The highest BCUT2D eigenvalue weighted by Gasteiger charge is 2.28. The summed E-state index contributed by atoms with van der Waals surface area (Å²) in [6.07, 6.45) is 0.0710. The van der Waals surface area contributed by atoms with Crippen LogP contribution in [0.3, 0.4) is 0 Å². The lowest BCUT2D eigenvalue weighted by Gasteiger charge is -2.23. The van der Waals surface area contributed by atoms with Crippen LogP contribution in [0.1, 0.15) is 12.0 Å². The number of carbonyl (C=O) groups excluding carboxylic acids is 2. The molecule has 6 heteroatoms. The van der Waals surface area contributed by atoms with Crippen LogP contribution in [-0.2, 0) is 9.59 Å². The second kappa shape index (κ2) is 6.55. The maximum Gasteiger partial charge on any atom is 0.238 e. The van der Waals surface area contributed by atoms with Crippen molar-refractivity contribution >= 4 is 35.0 Å². The summed E-state index contributed by atoms with van der Waals surface area (Å²) in [7, 11) is 0. The van der Waals surface area contributed by atoms with E-state index in [1.807, 2.05) is 30.3 Å². The molecule has 2 N–H and O–H groups in total. The molecule has 0 aliphatic carbocycles. The number of para-hydroxylation sites is 1. The largest absolute Gasteiger partial charge is 0.326 e. The zero-order valence-electron chi connectivity index (χ0n) is 12.1. The minimum absolute atomic E-state index is 0.0710. The normalized spacial score (nSPS) is 16.0. The number of rotatable bonds is 3. The molecule has 2 aromatic rings. The highest BCUT2D eigenvalue weighted by molar-refractivity contribution is 8.01. The number of benzene rings is 2. The smallest absolute Gasteiger partial charge is 0.238 e. The third kappa shape index (κ3) is 3.52. The Morgan fingerprint density at radius 3 is 2.91 bits per heavy atom. The van der Waals surface area contributed by atoms with Gasteiger partial charge in [-0.05, 0) is 30.3 Å². The Bertz CT molecular complexity index is 813. The number of carbonyl (C=O) groups is 2. The summed E-state index contributed by atoms with van der Waals surface area (Å²) >= 11 is 1.39. The molecule has 0 unspecified atom stereocenters. The van der Waals surface area contributed by atoms with Gasteiger partial charge < -0.3 is 10.6 Å². The zero-order chi connectivity index (χ0) is 16.2. The molecule has 1 heterocycles. The van der Waals surface area contributed by atoms with Gasteiger partial charge in [0.2, 0.25) is 11.8 Å². The first-order valence-corrected chi connectivity index (χ1v) is 7.90. The van der Waals surface area contributed by atoms with Gasteiger partial charge in [0.05, 0.1) is 22.6 Å². The summed E-state index contributed by atoms with van der Waals surface area (Å²) in [4.78, 5) is 25.2. The van der Waals surface area contributed by atoms with Crippen molar-refractivity contribution in [2.75, 3.05) is 10.6 Å². The van der Waals surface area contributed by atoms with E-state index in [4.69, 9.17) is 5.26 Å². The van der Waals surface area contributed by atoms with Gasteiger partial charge in [0.25, 0.3) is 0 Å². The molecule has 23 heavy (non-hydrogen) atoms. The van der Waals surface area contributed by atoms with Crippen molar-refractivity contribution in [1.82, 2.24) is 0 Å². The number of nitriles is 1. The van der Waals surface area contributed by atoms with Gasteiger partial charge in [0.1, 0.15) is 0 Å². The third-order valence-electron chi connectivity index (χ3n) is 3.35. The van der Waals surface area contributed by atoms with Crippen molar-refractivity contribution in [3.8, 4) is 6.07 Å². The van der Waals surface area contributed by atoms with Crippen molar-refractivity contribution < 1.29 is 9.59 Å². The Morgan fingerprint density at radius 1 is 1.26 bits per heavy atom. The lowest BCUT2D eigenvalue weighted by Crippen LogP contribution is -2.32. The molecule has 0 spiro atoms. The van der Waals surface area contributed by atoms with E-state index in [1.165, 1.54) is 11.8 Å². The van der Waals surface area contributed by atoms with Gasteiger partial charge in [-0.3, -0.25) is 9.59 Å². The highest BCUT2D eigenvalue weighted by atomic mass is 32.2. The fourth-order valence-corrected chi connectivity index (χ4v) is 3.38. The highest BCUT2D eigenvalue weighted by Crippen LogP contribution is 2.36. The zero-order valence-corrected chi connectivity index (χ0v) is 12.9. The number of anilines is 2. The molecule has 5 nitrogen and oxygen atoms in total. The summed E-state index contributed by atoms with van der Waals surface area (Å²) in [5, 5.41) is 13.9. The minimum atomic E-state index is -0.468. The number of nitrogens with one attached hydrogen (secondary N) is 2. The Balaban J connectivity index is 1.66. The molecule has 0 fully saturated rings. The molecule has 2 amide bonds. The monoisotopic (exact) mass is 323 g/mol. The molecular formula is C17H13N3O2S. The number of thioether (sulfide) groups is 1. The van der Waals surface area contributed by atoms with Gasteiger partial charge in [-0.15, -0.1) is 11.8 Å². The molecule has 0 radical (unpaired) electrons. The summed E-state index contributed by atoms with van der Waals surface area (Å²) in [5.74, 6) is -0.429. The lowest BCUT2D eigenvalue weighted by molar-refractivity contribution is -0.120. The number of amides is 2. The first kappa shape index (κ1) is 15.1. The summed E-state index contributed by atoms with van der Waals surface area (Å²) < 4.78 is 0. The van der Waals surface area contributed by atoms with Crippen LogP contribution in [0.2, 0.25) is 0 Å². The van der Waals surface area contributed by atoms with E-state index in [9.17, 15) is 9.59 Å². The molecular weight excluding hydrogens is 310 g/mol. The minimum Gasteiger partial charge on any atom is -0.326 e. The predicted octanol–water partition coefficient (Wildman–Crippen LogP) is 3.00. The Hall–Kier alpha value is -2.78.